The quantitative estimate of drug-likeness (QED) is 0.390. The Kier molecular flexibility index (Phi) is 2.49. The van der Waals surface area contributed by atoms with E-state index in [1.807, 2.05) is 0 Å². The van der Waals surface area contributed by atoms with Gasteiger partial charge in [-0.3, -0.25) is 5.10 Å². The highest BCUT2D eigenvalue weighted by molar-refractivity contribution is 5.73. The van der Waals surface area contributed by atoms with Crippen molar-refractivity contribution in [2.75, 3.05) is 5.73 Å². The third-order valence-corrected chi connectivity index (χ3v) is 1.57. The topological polar surface area (TPSA) is 132 Å². The van der Waals surface area contributed by atoms with Crippen molar-refractivity contribution in [3.8, 4) is 0 Å². The number of nitrogens with one attached hydrogen (secondary N) is 1. The van der Waals surface area contributed by atoms with Gasteiger partial charge in [0.15, 0.2) is 6.10 Å². The molecule has 0 aliphatic carbocycles. The summed E-state index contributed by atoms with van der Waals surface area (Å²) < 4.78 is 0. The monoisotopic (exact) mass is 187 g/mol. The van der Waals surface area contributed by atoms with Gasteiger partial charge < -0.3 is 21.1 Å². The van der Waals surface area contributed by atoms with Gasteiger partial charge in [-0.2, -0.15) is 5.10 Å². The summed E-state index contributed by atoms with van der Waals surface area (Å²) in [5, 5.41) is 32.3. The lowest BCUT2D eigenvalue weighted by Gasteiger charge is -2.12. The Bertz CT molecular complexity index is 311. The van der Waals surface area contributed by atoms with Gasteiger partial charge in [0, 0.05) is 5.56 Å². The zero-order chi connectivity index (χ0) is 10.0. The maximum atomic E-state index is 10.3. The van der Waals surface area contributed by atoms with Gasteiger partial charge in [-0.05, 0) is 0 Å². The first-order valence-electron chi connectivity index (χ1n) is 3.41. The van der Waals surface area contributed by atoms with Crippen LogP contribution in [0.25, 0.3) is 0 Å². The molecule has 1 heterocycles. The fourth-order valence-electron chi connectivity index (χ4n) is 0.846. The molecule has 1 aromatic heterocycles. The number of carbonyl (C=O) groups is 1. The predicted molar refractivity (Wildman–Crippen MR) is 41.6 cm³/mol. The van der Waals surface area contributed by atoms with E-state index in [9.17, 15) is 9.90 Å². The first-order valence-corrected chi connectivity index (χ1v) is 3.41. The number of nitrogen functional groups attached to an aromatic ring is 1. The Labute approximate surface area is 72.8 Å². The molecule has 7 nitrogen and oxygen atoms in total. The number of hydrogen-bond donors (Lipinski definition) is 5. The van der Waals surface area contributed by atoms with Gasteiger partial charge in [0.25, 0.3) is 0 Å². The summed E-state index contributed by atoms with van der Waals surface area (Å²) in [6.45, 7) is 0. The minimum absolute atomic E-state index is 0.0350. The molecule has 0 fully saturated rings. The van der Waals surface area contributed by atoms with E-state index < -0.39 is 18.2 Å². The van der Waals surface area contributed by atoms with E-state index in [1.54, 1.807) is 0 Å². The second-order valence-corrected chi connectivity index (χ2v) is 2.47. The van der Waals surface area contributed by atoms with Crippen LogP contribution in [0.3, 0.4) is 0 Å². The summed E-state index contributed by atoms with van der Waals surface area (Å²) in [6.07, 6.45) is -2.32. The van der Waals surface area contributed by atoms with Crippen LogP contribution in [0.15, 0.2) is 6.20 Å². The maximum Gasteiger partial charge on any atom is 0.335 e. The Hall–Kier alpha value is -1.60. The summed E-state index contributed by atoms with van der Waals surface area (Å²) in [6, 6.07) is 0. The average molecular weight is 187 g/mol. The van der Waals surface area contributed by atoms with Crippen molar-refractivity contribution in [3.63, 3.8) is 0 Å². The highest BCUT2D eigenvalue weighted by atomic mass is 16.4. The molecule has 72 valence electrons. The van der Waals surface area contributed by atoms with Gasteiger partial charge in [-0.25, -0.2) is 4.79 Å². The molecule has 1 rings (SSSR count). The number of H-pyrrole nitrogens is 1. The summed E-state index contributed by atoms with van der Waals surface area (Å²) in [4.78, 5) is 10.3. The third kappa shape index (κ3) is 1.76. The number of hydrogen-bond acceptors (Lipinski definition) is 5. The fraction of sp³-hybridized carbons (Fsp3) is 0.333. The van der Waals surface area contributed by atoms with Gasteiger partial charge in [-0.15, -0.1) is 0 Å². The van der Waals surface area contributed by atoms with E-state index in [2.05, 4.69) is 10.2 Å². The number of aromatic amines is 1. The van der Waals surface area contributed by atoms with E-state index in [-0.39, 0.29) is 11.4 Å². The second-order valence-electron chi connectivity index (χ2n) is 2.47. The molecular formula is C6H9N3O4. The average Bonchev–Trinajstić information content (AvgIpc) is 2.48. The Balaban J connectivity index is 2.85. The zero-order valence-electron chi connectivity index (χ0n) is 6.51. The lowest BCUT2D eigenvalue weighted by atomic mass is 10.1. The molecule has 0 saturated heterocycles. The van der Waals surface area contributed by atoms with Crippen LogP contribution >= 0.6 is 0 Å². The van der Waals surface area contributed by atoms with Crippen LogP contribution in [0, 0.1) is 0 Å². The van der Waals surface area contributed by atoms with Gasteiger partial charge in [-0.1, -0.05) is 0 Å². The third-order valence-electron chi connectivity index (χ3n) is 1.57. The molecule has 0 bridgehead atoms. The predicted octanol–water partition coefficient (Wildman–Crippen LogP) is -1.53. The lowest BCUT2D eigenvalue weighted by molar-refractivity contribution is -0.153. The van der Waals surface area contributed by atoms with Gasteiger partial charge >= 0.3 is 5.97 Å². The summed E-state index contributed by atoms with van der Waals surface area (Å²) in [5.74, 6) is -1.49. The SMILES string of the molecule is Nc1[nH]ncc1C(O)C(O)C(=O)O. The van der Waals surface area contributed by atoms with Crippen LogP contribution in [0.1, 0.15) is 11.7 Å². The number of nitrogens with zero attached hydrogens (tertiary/aromatic N) is 1. The lowest BCUT2D eigenvalue weighted by Crippen LogP contribution is -2.27. The first kappa shape index (κ1) is 9.49. The van der Waals surface area contributed by atoms with Crippen molar-refractivity contribution in [1.82, 2.24) is 10.2 Å². The van der Waals surface area contributed by atoms with Crippen molar-refractivity contribution >= 4 is 11.8 Å². The highest BCUT2D eigenvalue weighted by Crippen LogP contribution is 2.20. The van der Waals surface area contributed by atoms with Gasteiger partial charge in [0.05, 0.1) is 6.20 Å². The van der Waals surface area contributed by atoms with Crippen molar-refractivity contribution in [1.29, 1.82) is 0 Å². The number of carboxylic acid groups (broad SMARTS) is 1. The van der Waals surface area contributed by atoms with Crippen molar-refractivity contribution in [2.45, 2.75) is 12.2 Å². The molecule has 0 aromatic carbocycles. The zero-order valence-corrected chi connectivity index (χ0v) is 6.51. The maximum absolute atomic E-state index is 10.3. The minimum atomic E-state index is -1.90. The minimum Gasteiger partial charge on any atom is -0.479 e. The smallest absolute Gasteiger partial charge is 0.335 e. The molecule has 0 spiro atoms. The molecule has 0 saturated carbocycles. The number of aliphatic carboxylic acids is 1. The van der Waals surface area contributed by atoms with E-state index in [0.717, 1.165) is 6.20 Å². The number of aromatic nitrogens is 2. The highest BCUT2D eigenvalue weighted by Gasteiger charge is 2.27. The van der Waals surface area contributed by atoms with Crippen LogP contribution in [0.4, 0.5) is 5.82 Å². The normalized spacial score (nSPS) is 15.2. The van der Waals surface area contributed by atoms with Crippen LogP contribution in [0.2, 0.25) is 0 Å². The van der Waals surface area contributed by atoms with E-state index in [0.29, 0.717) is 0 Å². The summed E-state index contributed by atoms with van der Waals surface area (Å²) in [7, 11) is 0. The first-order chi connectivity index (χ1) is 6.04. The molecule has 6 N–H and O–H groups in total. The number of aliphatic hydroxyl groups is 2. The number of rotatable bonds is 3. The molecule has 2 atom stereocenters. The van der Waals surface area contributed by atoms with Crippen molar-refractivity contribution in [2.24, 2.45) is 0 Å². The van der Waals surface area contributed by atoms with Crippen LogP contribution in [0.5, 0.6) is 0 Å². The van der Waals surface area contributed by atoms with E-state index in [4.69, 9.17) is 15.9 Å². The summed E-state index contributed by atoms with van der Waals surface area (Å²) in [5.41, 5.74) is 5.36. The van der Waals surface area contributed by atoms with Crippen LogP contribution < -0.4 is 5.73 Å². The van der Waals surface area contributed by atoms with Crippen molar-refractivity contribution in [3.05, 3.63) is 11.8 Å². The molecule has 0 amide bonds. The summed E-state index contributed by atoms with van der Waals surface area (Å²) >= 11 is 0. The van der Waals surface area contributed by atoms with Crippen LogP contribution in [-0.2, 0) is 4.79 Å². The van der Waals surface area contributed by atoms with E-state index in [1.165, 1.54) is 0 Å². The van der Waals surface area contributed by atoms with E-state index >= 15 is 0 Å². The molecule has 0 aliphatic heterocycles. The fourth-order valence-corrected chi connectivity index (χ4v) is 0.846. The standard InChI is InChI=1S/C6H9N3O4/c7-5-2(1-8-9-5)3(10)4(11)6(12)13/h1,3-4,10-11H,(H,12,13)(H3,7,8,9). The molecule has 0 aliphatic rings. The van der Waals surface area contributed by atoms with Crippen LogP contribution in [-0.4, -0.2) is 37.6 Å². The number of anilines is 1. The largest absolute Gasteiger partial charge is 0.479 e. The Morgan fingerprint density at radius 2 is 2.23 bits per heavy atom. The number of aliphatic hydroxyl groups excluding tert-OH is 2. The number of carboxylic acids is 1. The molecule has 7 heteroatoms. The van der Waals surface area contributed by atoms with Gasteiger partial charge in [0.2, 0.25) is 0 Å². The molecule has 1 aromatic rings. The Morgan fingerprint density at radius 1 is 1.62 bits per heavy atom. The molecule has 0 radical (unpaired) electrons. The number of nitrogens with two attached hydrogens (primary N) is 1. The molecule has 13 heavy (non-hydrogen) atoms. The molecular weight excluding hydrogens is 178 g/mol. The second kappa shape index (κ2) is 3.42. The van der Waals surface area contributed by atoms with Crippen molar-refractivity contribution < 1.29 is 20.1 Å². The Morgan fingerprint density at radius 3 is 2.62 bits per heavy atom. The van der Waals surface area contributed by atoms with Gasteiger partial charge in [0.1, 0.15) is 11.9 Å². The molecule has 2 unspecified atom stereocenters.